The predicted octanol–water partition coefficient (Wildman–Crippen LogP) is 1.57. The van der Waals surface area contributed by atoms with Crippen LogP contribution in [-0.4, -0.2) is 39.8 Å². The molecule has 1 N–H and O–H groups in total. The van der Waals surface area contributed by atoms with Crippen LogP contribution in [0.5, 0.6) is 0 Å². The third kappa shape index (κ3) is 4.00. The van der Waals surface area contributed by atoms with Crippen molar-refractivity contribution < 1.29 is 14.6 Å². The molecule has 3 unspecified atom stereocenters. The SMILES string of the molecule is CC(=O)C1CCC(NC2CCC([N+](=O)[O-])CC2)C([N+](=O)[O-])C1. The molecule has 2 rings (SSSR count). The van der Waals surface area contributed by atoms with Crippen LogP contribution < -0.4 is 5.32 Å². The summed E-state index contributed by atoms with van der Waals surface area (Å²) >= 11 is 0. The minimum atomic E-state index is -0.740. The second-order valence-corrected chi connectivity index (χ2v) is 6.54. The van der Waals surface area contributed by atoms with E-state index in [2.05, 4.69) is 5.32 Å². The number of Topliss-reactive ketones (excluding diaryl/α,β-unsaturated/α-hetero) is 1. The molecule has 0 spiro atoms. The third-order valence-corrected chi connectivity index (χ3v) is 5.11. The normalized spacial score (nSPS) is 35.8. The van der Waals surface area contributed by atoms with Gasteiger partial charge < -0.3 is 5.32 Å². The monoisotopic (exact) mass is 313 g/mol. The first-order chi connectivity index (χ1) is 10.4. The maximum absolute atomic E-state index is 11.5. The summed E-state index contributed by atoms with van der Waals surface area (Å²) in [5.74, 6) is -0.185. The lowest BCUT2D eigenvalue weighted by Gasteiger charge is -2.34. The molecule has 0 aliphatic heterocycles. The lowest BCUT2D eigenvalue weighted by molar-refractivity contribution is -0.532. The molecule has 2 fully saturated rings. The largest absolute Gasteiger partial charge is 0.305 e. The number of nitrogens with one attached hydrogen (secondary N) is 1. The topological polar surface area (TPSA) is 115 Å². The molecular formula is C14H23N3O5. The van der Waals surface area contributed by atoms with Gasteiger partial charge in [0.25, 0.3) is 0 Å². The summed E-state index contributed by atoms with van der Waals surface area (Å²) in [5, 5.41) is 25.4. The number of nitro groups is 2. The van der Waals surface area contributed by atoms with Crippen molar-refractivity contribution in [3.8, 4) is 0 Å². The Balaban J connectivity index is 1.90. The molecule has 8 nitrogen and oxygen atoms in total. The molecule has 0 amide bonds. The fourth-order valence-electron chi connectivity index (χ4n) is 3.70. The smallest absolute Gasteiger partial charge is 0.228 e. The molecular weight excluding hydrogens is 290 g/mol. The Morgan fingerprint density at radius 3 is 2.14 bits per heavy atom. The fraction of sp³-hybridized carbons (Fsp3) is 0.929. The number of carbonyl (C=O) groups is 1. The lowest BCUT2D eigenvalue weighted by atomic mass is 9.80. The zero-order chi connectivity index (χ0) is 16.3. The highest BCUT2D eigenvalue weighted by Crippen LogP contribution is 2.29. The zero-order valence-corrected chi connectivity index (χ0v) is 12.8. The molecule has 0 aromatic heterocycles. The zero-order valence-electron chi connectivity index (χ0n) is 12.8. The number of hydrogen-bond acceptors (Lipinski definition) is 6. The van der Waals surface area contributed by atoms with Crippen LogP contribution in [0.4, 0.5) is 0 Å². The van der Waals surface area contributed by atoms with Crippen LogP contribution in [0, 0.1) is 26.1 Å². The number of hydrogen-bond donors (Lipinski definition) is 1. The Labute approximate surface area is 128 Å². The standard InChI is InChI=1S/C14H23N3O5/c1-9(18)10-2-7-13(14(8-10)17(21)22)15-11-3-5-12(6-4-11)16(19)20/h10-15H,2-8H2,1H3. The highest BCUT2D eigenvalue weighted by molar-refractivity contribution is 5.78. The minimum absolute atomic E-state index is 0.0248. The van der Waals surface area contributed by atoms with Gasteiger partial charge in [0, 0.05) is 41.1 Å². The van der Waals surface area contributed by atoms with Crippen LogP contribution in [-0.2, 0) is 4.79 Å². The average molecular weight is 313 g/mol. The summed E-state index contributed by atoms with van der Waals surface area (Å²) in [4.78, 5) is 33.0. The fourth-order valence-corrected chi connectivity index (χ4v) is 3.70. The van der Waals surface area contributed by atoms with Gasteiger partial charge in [0.15, 0.2) is 0 Å². The molecule has 22 heavy (non-hydrogen) atoms. The number of carbonyl (C=O) groups excluding carboxylic acids is 1. The van der Waals surface area contributed by atoms with Crippen molar-refractivity contribution in [2.75, 3.05) is 0 Å². The summed E-state index contributed by atoms with van der Waals surface area (Å²) in [6.45, 7) is 1.49. The van der Waals surface area contributed by atoms with Gasteiger partial charge in [-0.3, -0.25) is 25.0 Å². The Morgan fingerprint density at radius 2 is 1.64 bits per heavy atom. The van der Waals surface area contributed by atoms with Crippen molar-refractivity contribution in [2.24, 2.45) is 5.92 Å². The third-order valence-electron chi connectivity index (χ3n) is 5.11. The van der Waals surface area contributed by atoms with E-state index in [0.29, 0.717) is 44.9 Å². The van der Waals surface area contributed by atoms with Gasteiger partial charge in [0.05, 0.1) is 6.04 Å². The second kappa shape index (κ2) is 7.13. The molecule has 2 aliphatic carbocycles. The highest BCUT2D eigenvalue weighted by atomic mass is 16.6. The van der Waals surface area contributed by atoms with Gasteiger partial charge in [-0.15, -0.1) is 0 Å². The lowest BCUT2D eigenvalue weighted by Crippen LogP contribution is -2.53. The Kier molecular flexibility index (Phi) is 5.44. The molecule has 0 aromatic carbocycles. The summed E-state index contributed by atoms with van der Waals surface area (Å²) in [6.07, 6.45) is 4.01. The Hall–Kier alpha value is -1.57. The molecule has 0 aromatic rings. The molecule has 3 atom stereocenters. The maximum atomic E-state index is 11.5. The van der Waals surface area contributed by atoms with Crippen molar-refractivity contribution in [3.05, 3.63) is 20.2 Å². The van der Waals surface area contributed by atoms with E-state index in [0.717, 1.165) is 0 Å². The van der Waals surface area contributed by atoms with Crippen LogP contribution in [0.2, 0.25) is 0 Å². The van der Waals surface area contributed by atoms with Crippen molar-refractivity contribution in [1.82, 2.24) is 5.32 Å². The van der Waals surface area contributed by atoms with Gasteiger partial charge in [0.1, 0.15) is 5.78 Å². The Bertz CT molecular complexity index is 448. The summed E-state index contributed by atoms with van der Waals surface area (Å²) in [7, 11) is 0. The predicted molar refractivity (Wildman–Crippen MR) is 78.8 cm³/mol. The number of ketones is 1. The van der Waals surface area contributed by atoms with E-state index < -0.39 is 12.1 Å². The van der Waals surface area contributed by atoms with Crippen LogP contribution in [0.15, 0.2) is 0 Å². The minimum Gasteiger partial charge on any atom is -0.305 e. The molecule has 0 heterocycles. The second-order valence-electron chi connectivity index (χ2n) is 6.54. The van der Waals surface area contributed by atoms with Crippen LogP contribution in [0.25, 0.3) is 0 Å². The molecule has 0 radical (unpaired) electrons. The molecule has 124 valence electrons. The van der Waals surface area contributed by atoms with E-state index in [9.17, 15) is 25.0 Å². The van der Waals surface area contributed by atoms with Crippen molar-refractivity contribution in [3.63, 3.8) is 0 Å². The molecule has 0 saturated heterocycles. The van der Waals surface area contributed by atoms with Gasteiger partial charge in [-0.25, -0.2) is 0 Å². The van der Waals surface area contributed by atoms with Crippen LogP contribution >= 0.6 is 0 Å². The van der Waals surface area contributed by atoms with Gasteiger partial charge in [-0.1, -0.05) is 0 Å². The molecule has 8 heteroatoms. The highest BCUT2D eigenvalue weighted by Gasteiger charge is 2.41. The van der Waals surface area contributed by atoms with Crippen molar-refractivity contribution in [1.29, 1.82) is 0 Å². The van der Waals surface area contributed by atoms with Crippen LogP contribution in [0.3, 0.4) is 0 Å². The molecule has 0 bridgehead atoms. The molecule has 2 aliphatic rings. The Morgan fingerprint density at radius 1 is 1.00 bits per heavy atom. The van der Waals surface area contributed by atoms with E-state index in [4.69, 9.17) is 0 Å². The molecule has 2 saturated carbocycles. The number of nitrogens with zero attached hydrogens (tertiary/aromatic N) is 2. The summed E-state index contributed by atoms with van der Waals surface area (Å²) < 4.78 is 0. The van der Waals surface area contributed by atoms with Crippen molar-refractivity contribution in [2.45, 2.75) is 76.0 Å². The van der Waals surface area contributed by atoms with E-state index in [1.54, 1.807) is 0 Å². The van der Waals surface area contributed by atoms with E-state index in [1.807, 2.05) is 0 Å². The van der Waals surface area contributed by atoms with Crippen molar-refractivity contribution >= 4 is 5.78 Å². The first kappa shape index (κ1) is 16.8. The maximum Gasteiger partial charge on any atom is 0.228 e. The average Bonchev–Trinajstić information content (AvgIpc) is 2.47. The van der Waals surface area contributed by atoms with E-state index in [-0.39, 0.29) is 33.6 Å². The van der Waals surface area contributed by atoms with E-state index in [1.165, 1.54) is 6.92 Å². The number of rotatable bonds is 5. The van der Waals surface area contributed by atoms with Gasteiger partial charge in [-0.2, -0.15) is 0 Å². The van der Waals surface area contributed by atoms with Gasteiger partial charge in [-0.05, 0) is 32.6 Å². The summed E-state index contributed by atoms with van der Waals surface area (Å²) in [5.41, 5.74) is 0. The first-order valence-electron chi connectivity index (χ1n) is 7.92. The van der Waals surface area contributed by atoms with Gasteiger partial charge in [0.2, 0.25) is 12.1 Å². The summed E-state index contributed by atoms with van der Waals surface area (Å²) in [6, 6.07) is -1.34. The quantitative estimate of drug-likeness (QED) is 0.608. The van der Waals surface area contributed by atoms with E-state index >= 15 is 0 Å². The first-order valence-corrected chi connectivity index (χ1v) is 7.92. The van der Waals surface area contributed by atoms with Gasteiger partial charge >= 0.3 is 0 Å². The van der Waals surface area contributed by atoms with Crippen LogP contribution in [0.1, 0.15) is 51.9 Å².